The summed E-state index contributed by atoms with van der Waals surface area (Å²) in [5.41, 5.74) is 0. The molecule has 0 aromatic heterocycles. The van der Waals surface area contributed by atoms with Crippen LogP contribution < -0.4 is 0 Å². The van der Waals surface area contributed by atoms with E-state index in [0.717, 1.165) is 77.0 Å². The van der Waals surface area contributed by atoms with E-state index in [0.29, 0.717) is 19.3 Å². The van der Waals surface area contributed by atoms with Crippen LogP contribution in [0.25, 0.3) is 0 Å². The molecular formula is C77H140O6. The summed E-state index contributed by atoms with van der Waals surface area (Å²) >= 11 is 0. The van der Waals surface area contributed by atoms with E-state index in [1.807, 2.05) is 0 Å². The lowest BCUT2D eigenvalue weighted by Gasteiger charge is -2.18. The standard InChI is InChI=1S/C77H140O6/c1-4-7-10-13-16-19-22-25-28-31-33-35-37-38-40-41-43-46-49-52-55-58-61-64-67-70-76(79)82-73-74(72-81-75(78)69-66-63-60-57-54-51-48-45-30-27-24-21-18-15-12-9-6-3)83-77(80)71-68-65-62-59-56-53-50-47-44-42-39-36-34-32-29-26-23-20-17-14-11-8-5-2/h23,26-27,30-34,39,42,74H,4-22,24-25,28-29,35-38,40-41,43-73H2,1-3H3/b26-23-,30-27-,33-31-,34-32-,42-39-. The van der Waals surface area contributed by atoms with Crippen molar-refractivity contribution in [2.45, 2.75) is 399 Å². The zero-order chi connectivity index (χ0) is 59.9. The molecule has 6 heteroatoms. The smallest absolute Gasteiger partial charge is 0.306 e. The second kappa shape index (κ2) is 71.6. The number of unbranched alkanes of at least 4 members (excludes halogenated alkanes) is 47. The molecule has 1 unspecified atom stereocenters. The van der Waals surface area contributed by atoms with E-state index in [9.17, 15) is 14.4 Å². The molecule has 6 nitrogen and oxygen atoms in total. The van der Waals surface area contributed by atoms with Gasteiger partial charge in [-0.1, -0.05) is 326 Å². The van der Waals surface area contributed by atoms with E-state index in [1.165, 1.54) is 276 Å². The van der Waals surface area contributed by atoms with Gasteiger partial charge in [0, 0.05) is 19.3 Å². The van der Waals surface area contributed by atoms with Gasteiger partial charge in [0.25, 0.3) is 0 Å². The van der Waals surface area contributed by atoms with E-state index in [2.05, 4.69) is 81.5 Å². The fraction of sp³-hybridized carbons (Fsp3) is 0.831. The van der Waals surface area contributed by atoms with Crippen molar-refractivity contribution >= 4 is 17.9 Å². The molecule has 0 bridgehead atoms. The van der Waals surface area contributed by atoms with Crippen LogP contribution >= 0.6 is 0 Å². The van der Waals surface area contributed by atoms with Gasteiger partial charge in [0.15, 0.2) is 6.10 Å². The van der Waals surface area contributed by atoms with Gasteiger partial charge in [-0.15, -0.1) is 0 Å². The highest BCUT2D eigenvalue weighted by Gasteiger charge is 2.19. The Morgan fingerprint density at radius 3 is 0.687 bits per heavy atom. The molecule has 0 fully saturated rings. The Bertz CT molecular complexity index is 1470. The Kier molecular flexibility index (Phi) is 69.1. The largest absolute Gasteiger partial charge is 0.462 e. The molecule has 0 spiro atoms. The van der Waals surface area contributed by atoms with E-state index in [1.54, 1.807) is 0 Å². The first kappa shape index (κ1) is 80.1. The van der Waals surface area contributed by atoms with Crippen LogP contribution in [0.5, 0.6) is 0 Å². The molecule has 0 rings (SSSR count). The van der Waals surface area contributed by atoms with Crippen LogP contribution in [0, 0.1) is 0 Å². The van der Waals surface area contributed by atoms with Gasteiger partial charge in [0.05, 0.1) is 0 Å². The minimum absolute atomic E-state index is 0.0758. The number of ether oxygens (including phenoxy) is 3. The number of esters is 3. The Morgan fingerprint density at radius 1 is 0.241 bits per heavy atom. The summed E-state index contributed by atoms with van der Waals surface area (Å²) in [4.78, 5) is 38.5. The first-order chi connectivity index (χ1) is 41.0. The minimum atomic E-state index is -0.782. The van der Waals surface area contributed by atoms with Crippen LogP contribution in [-0.4, -0.2) is 37.2 Å². The normalized spacial score (nSPS) is 12.4. The summed E-state index contributed by atoms with van der Waals surface area (Å²) < 4.78 is 17.0. The maximum Gasteiger partial charge on any atom is 0.306 e. The molecule has 83 heavy (non-hydrogen) atoms. The minimum Gasteiger partial charge on any atom is -0.462 e. The fourth-order valence-electron chi connectivity index (χ4n) is 10.9. The number of rotatable bonds is 68. The van der Waals surface area contributed by atoms with Crippen molar-refractivity contribution in [1.29, 1.82) is 0 Å². The second-order valence-electron chi connectivity index (χ2n) is 24.8. The van der Waals surface area contributed by atoms with Gasteiger partial charge in [-0.3, -0.25) is 14.4 Å². The third kappa shape index (κ3) is 69.8. The van der Waals surface area contributed by atoms with Crippen molar-refractivity contribution in [3.8, 4) is 0 Å². The number of allylic oxidation sites excluding steroid dienone is 10. The van der Waals surface area contributed by atoms with Crippen LogP contribution in [0.1, 0.15) is 393 Å². The number of carbonyl (C=O) groups excluding carboxylic acids is 3. The molecule has 0 aliphatic heterocycles. The average molecular weight is 1160 g/mol. The topological polar surface area (TPSA) is 78.9 Å². The van der Waals surface area contributed by atoms with Gasteiger partial charge in [0.1, 0.15) is 13.2 Å². The third-order valence-corrected chi connectivity index (χ3v) is 16.5. The van der Waals surface area contributed by atoms with Crippen molar-refractivity contribution in [2.75, 3.05) is 13.2 Å². The van der Waals surface area contributed by atoms with Gasteiger partial charge < -0.3 is 14.2 Å². The zero-order valence-corrected chi connectivity index (χ0v) is 55.7. The van der Waals surface area contributed by atoms with Crippen molar-refractivity contribution < 1.29 is 28.6 Å². The number of carbonyl (C=O) groups is 3. The van der Waals surface area contributed by atoms with Crippen LogP contribution in [-0.2, 0) is 28.6 Å². The molecule has 0 saturated carbocycles. The maximum absolute atomic E-state index is 13.0. The highest BCUT2D eigenvalue weighted by molar-refractivity contribution is 5.71. The number of hydrogen-bond acceptors (Lipinski definition) is 6. The highest BCUT2D eigenvalue weighted by atomic mass is 16.6. The molecule has 0 N–H and O–H groups in total. The maximum atomic E-state index is 13.0. The van der Waals surface area contributed by atoms with E-state index < -0.39 is 6.10 Å². The van der Waals surface area contributed by atoms with Crippen LogP contribution in [0.15, 0.2) is 60.8 Å². The third-order valence-electron chi connectivity index (χ3n) is 16.5. The lowest BCUT2D eigenvalue weighted by Crippen LogP contribution is -2.30. The fourth-order valence-corrected chi connectivity index (χ4v) is 10.9. The summed E-state index contributed by atoms with van der Waals surface area (Å²) in [6.07, 6.45) is 92.5. The molecule has 0 amide bonds. The first-order valence-electron chi connectivity index (χ1n) is 36.8. The summed E-state index contributed by atoms with van der Waals surface area (Å²) in [5, 5.41) is 0. The average Bonchev–Trinajstić information content (AvgIpc) is 3.49. The lowest BCUT2D eigenvalue weighted by atomic mass is 10.0. The Hall–Kier alpha value is -2.89. The summed E-state index contributed by atoms with van der Waals surface area (Å²) in [7, 11) is 0. The second-order valence-corrected chi connectivity index (χ2v) is 24.8. The van der Waals surface area contributed by atoms with Crippen molar-refractivity contribution in [2.24, 2.45) is 0 Å². The summed E-state index contributed by atoms with van der Waals surface area (Å²) in [6.45, 7) is 6.68. The first-order valence-corrected chi connectivity index (χ1v) is 36.8. The highest BCUT2D eigenvalue weighted by Crippen LogP contribution is 2.18. The molecule has 0 aliphatic carbocycles. The molecule has 0 radical (unpaired) electrons. The van der Waals surface area contributed by atoms with Gasteiger partial charge >= 0.3 is 17.9 Å². The van der Waals surface area contributed by atoms with E-state index >= 15 is 0 Å². The summed E-state index contributed by atoms with van der Waals surface area (Å²) in [5.74, 6) is -0.863. The van der Waals surface area contributed by atoms with Crippen molar-refractivity contribution in [3.05, 3.63) is 60.8 Å². The van der Waals surface area contributed by atoms with Gasteiger partial charge in [-0.2, -0.15) is 0 Å². The molecule has 0 saturated heterocycles. The Morgan fingerprint density at radius 2 is 0.434 bits per heavy atom. The molecule has 0 heterocycles. The van der Waals surface area contributed by atoms with Gasteiger partial charge in [-0.05, 0) is 109 Å². The lowest BCUT2D eigenvalue weighted by molar-refractivity contribution is -0.167. The molecule has 0 aromatic rings. The molecule has 0 aliphatic rings. The monoisotopic (exact) mass is 1160 g/mol. The zero-order valence-electron chi connectivity index (χ0n) is 55.7. The van der Waals surface area contributed by atoms with Crippen molar-refractivity contribution in [3.63, 3.8) is 0 Å². The SMILES string of the molecule is CCCCCCC/C=C\C/C=C\C/C=C\CCCCCCCCCCC(=O)OC(COC(=O)CCCCCCCCC/C=C\CCCCCCCC)COC(=O)CCCCCCCCCCCCCCC/C=C\CCCCCCCCCC. The quantitative estimate of drug-likeness (QED) is 0.0261. The summed E-state index contributed by atoms with van der Waals surface area (Å²) in [6, 6.07) is 0. The van der Waals surface area contributed by atoms with E-state index in [-0.39, 0.29) is 31.1 Å². The van der Waals surface area contributed by atoms with Crippen LogP contribution in [0.3, 0.4) is 0 Å². The van der Waals surface area contributed by atoms with E-state index in [4.69, 9.17) is 14.2 Å². The van der Waals surface area contributed by atoms with Crippen LogP contribution in [0.4, 0.5) is 0 Å². The molecule has 0 aromatic carbocycles. The number of hydrogen-bond donors (Lipinski definition) is 0. The Labute approximate surface area is 517 Å². The predicted molar refractivity (Wildman–Crippen MR) is 362 cm³/mol. The van der Waals surface area contributed by atoms with Gasteiger partial charge in [-0.25, -0.2) is 0 Å². The molecular weight excluding hydrogens is 1020 g/mol. The predicted octanol–water partition coefficient (Wildman–Crippen LogP) is 25.5. The van der Waals surface area contributed by atoms with Crippen molar-refractivity contribution in [1.82, 2.24) is 0 Å². The van der Waals surface area contributed by atoms with Crippen LogP contribution in [0.2, 0.25) is 0 Å². The molecule has 1 atom stereocenters. The van der Waals surface area contributed by atoms with Gasteiger partial charge in [0.2, 0.25) is 0 Å². The Balaban J connectivity index is 4.33. The molecule has 484 valence electrons.